The summed E-state index contributed by atoms with van der Waals surface area (Å²) in [5.74, 6) is 0.793. The van der Waals surface area contributed by atoms with Crippen LogP contribution in [-0.2, 0) is 10.8 Å². The molecule has 18 heavy (non-hydrogen) atoms. The molecule has 0 amide bonds. The van der Waals surface area contributed by atoms with E-state index in [2.05, 4.69) is 10.3 Å². The van der Waals surface area contributed by atoms with Crippen LogP contribution in [0.3, 0.4) is 0 Å². The van der Waals surface area contributed by atoms with E-state index in [-0.39, 0.29) is 23.4 Å². The van der Waals surface area contributed by atoms with Gasteiger partial charge < -0.3 is 10.1 Å². The molecule has 0 fully saturated rings. The molecule has 0 aromatic carbocycles. The maximum atomic E-state index is 11.1. The van der Waals surface area contributed by atoms with E-state index >= 15 is 0 Å². The van der Waals surface area contributed by atoms with Gasteiger partial charge in [0.25, 0.3) is 0 Å². The molecule has 0 aliphatic carbocycles. The third kappa shape index (κ3) is 3.95. The minimum absolute atomic E-state index is 0.123. The highest BCUT2D eigenvalue weighted by Gasteiger charge is 2.18. The lowest BCUT2D eigenvalue weighted by Crippen LogP contribution is -2.23. The van der Waals surface area contributed by atoms with Crippen LogP contribution in [0.4, 0.5) is 11.5 Å². The Kier molecular flexibility index (Phi) is 5.02. The first kappa shape index (κ1) is 14.4. The molecule has 1 rings (SSSR count). The van der Waals surface area contributed by atoms with Gasteiger partial charge in [-0.1, -0.05) is 0 Å². The van der Waals surface area contributed by atoms with Gasteiger partial charge in [0, 0.05) is 41.0 Å². The number of hydrogen-bond acceptors (Lipinski definition) is 6. The van der Waals surface area contributed by atoms with Crippen molar-refractivity contribution in [3.63, 3.8) is 0 Å². The van der Waals surface area contributed by atoms with Crippen LogP contribution in [-0.4, -0.2) is 39.3 Å². The zero-order valence-electron chi connectivity index (χ0n) is 10.4. The smallest absolute Gasteiger partial charge is 0.311 e. The predicted octanol–water partition coefficient (Wildman–Crippen LogP) is 1.18. The summed E-state index contributed by atoms with van der Waals surface area (Å²) in [6.07, 6.45) is 1.57. The normalized spacial score (nSPS) is 13.7. The van der Waals surface area contributed by atoms with Crippen LogP contribution in [0.2, 0.25) is 0 Å². The van der Waals surface area contributed by atoms with Gasteiger partial charge in [0.2, 0.25) is 11.7 Å². The maximum Gasteiger partial charge on any atom is 0.311 e. The summed E-state index contributed by atoms with van der Waals surface area (Å²) in [6, 6.07) is 2.56. The fraction of sp³-hybridized carbons (Fsp3) is 0.500. The van der Waals surface area contributed by atoms with Gasteiger partial charge >= 0.3 is 5.69 Å². The first-order valence-electron chi connectivity index (χ1n) is 5.20. The number of rotatable bonds is 6. The molecule has 1 aromatic rings. The lowest BCUT2D eigenvalue weighted by atomic mass is 10.3. The largest absolute Gasteiger partial charge is 0.481 e. The average Bonchev–Trinajstić information content (AvgIpc) is 2.27. The van der Waals surface area contributed by atoms with Gasteiger partial charge in [0.1, 0.15) is 0 Å². The Morgan fingerprint density at radius 3 is 2.78 bits per heavy atom. The Hall–Kier alpha value is -1.70. The Morgan fingerprint density at radius 2 is 2.28 bits per heavy atom. The van der Waals surface area contributed by atoms with E-state index in [1.807, 2.05) is 0 Å². The molecule has 0 bridgehead atoms. The second-order valence-corrected chi connectivity index (χ2v) is 5.24. The van der Waals surface area contributed by atoms with Crippen molar-refractivity contribution in [1.29, 1.82) is 0 Å². The average molecular weight is 273 g/mol. The first-order valence-corrected chi connectivity index (χ1v) is 6.92. The van der Waals surface area contributed by atoms with Crippen LogP contribution in [0.1, 0.15) is 6.92 Å². The summed E-state index contributed by atoms with van der Waals surface area (Å²) in [4.78, 5) is 14.3. The van der Waals surface area contributed by atoms with Crippen LogP contribution in [0, 0.1) is 10.1 Å². The Balaban J connectivity index is 2.96. The fourth-order valence-corrected chi connectivity index (χ4v) is 2.22. The molecule has 0 spiro atoms. The summed E-state index contributed by atoms with van der Waals surface area (Å²) < 4.78 is 16.0. The topological polar surface area (TPSA) is 94.4 Å². The second kappa shape index (κ2) is 6.29. The summed E-state index contributed by atoms with van der Waals surface area (Å²) >= 11 is 0. The summed E-state index contributed by atoms with van der Waals surface area (Å²) in [5, 5.41) is 13.7. The van der Waals surface area contributed by atoms with Gasteiger partial charge in [0.15, 0.2) is 0 Å². The number of ether oxygens (including phenoxy) is 1. The van der Waals surface area contributed by atoms with Crippen LogP contribution in [0.15, 0.2) is 12.1 Å². The van der Waals surface area contributed by atoms with Crippen molar-refractivity contribution < 1.29 is 13.9 Å². The molecule has 1 heterocycles. The van der Waals surface area contributed by atoms with E-state index in [1.165, 1.54) is 19.2 Å². The van der Waals surface area contributed by atoms with E-state index < -0.39 is 15.7 Å². The molecule has 0 aliphatic heterocycles. The molecule has 1 aromatic heterocycles. The molecular formula is C10H15N3O4S. The molecule has 2 unspecified atom stereocenters. The molecule has 7 nitrogen and oxygen atoms in total. The Morgan fingerprint density at radius 1 is 1.61 bits per heavy atom. The highest BCUT2D eigenvalue weighted by Crippen LogP contribution is 2.25. The molecular weight excluding hydrogens is 258 g/mol. The maximum absolute atomic E-state index is 11.1. The molecule has 0 saturated carbocycles. The van der Waals surface area contributed by atoms with E-state index in [0.29, 0.717) is 5.75 Å². The zero-order valence-corrected chi connectivity index (χ0v) is 11.2. The second-order valence-electron chi connectivity index (χ2n) is 3.76. The van der Waals surface area contributed by atoms with Gasteiger partial charge in [-0.3, -0.25) is 14.3 Å². The van der Waals surface area contributed by atoms with Crippen LogP contribution < -0.4 is 10.1 Å². The molecule has 8 heteroatoms. The van der Waals surface area contributed by atoms with Crippen molar-refractivity contribution in [2.24, 2.45) is 0 Å². The minimum Gasteiger partial charge on any atom is -0.481 e. The van der Waals surface area contributed by atoms with E-state index in [9.17, 15) is 14.3 Å². The minimum atomic E-state index is -0.985. The number of nitrogens with zero attached hydrogens (tertiary/aromatic N) is 2. The third-order valence-corrected chi connectivity index (χ3v) is 3.09. The molecule has 0 aliphatic rings. The molecule has 2 atom stereocenters. The van der Waals surface area contributed by atoms with Gasteiger partial charge in [0.05, 0.1) is 12.0 Å². The SMILES string of the molecule is COc1ccc([N+](=O)[O-])c(NC(C)CS(C)=O)n1. The summed E-state index contributed by atoms with van der Waals surface area (Å²) in [7, 11) is 0.448. The zero-order chi connectivity index (χ0) is 13.7. The molecule has 1 N–H and O–H groups in total. The summed E-state index contributed by atoms with van der Waals surface area (Å²) in [6.45, 7) is 1.78. The van der Waals surface area contributed by atoms with Gasteiger partial charge in [-0.15, -0.1) is 0 Å². The van der Waals surface area contributed by atoms with Gasteiger partial charge in [-0.2, -0.15) is 4.98 Å². The van der Waals surface area contributed by atoms with Gasteiger partial charge in [-0.25, -0.2) is 0 Å². The predicted molar refractivity (Wildman–Crippen MR) is 69.5 cm³/mol. The molecule has 0 radical (unpaired) electrons. The number of hydrogen-bond donors (Lipinski definition) is 1. The standard InChI is InChI=1S/C10H15N3O4S/c1-7(6-18(3)16)11-10-8(13(14)15)4-5-9(12-10)17-2/h4-5,7H,6H2,1-3H3,(H,11,12). The quantitative estimate of drug-likeness (QED) is 0.617. The number of pyridine rings is 1. The number of methoxy groups -OCH3 is 1. The number of nitro groups is 1. The van der Waals surface area contributed by atoms with Crippen molar-refractivity contribution in [2.45, 2.75) is 13.0 Å². The highest BCUT2D eigenvalue weighted by atomic mass is 32.2. The number of nitrogens with one attached hydrogen (secondary N) is 1. The lowest BCUT2D eigenvalue weighted by Gasteiger charge is -2.13. The van der Waals surface area contributed by atoms with Gasteiger partial charge in [-0.05, 0) is 6.92 Å². The Bertz CT molecular complexity index is 466. The van der Waals surface area contributed by atoms with Crippen LogP contribution in [0.5, 0.6) is 5.88 Å². The van der Waals surface area contributed by atoms with Crippen molar-refractivity contribution in [2.75, 3.05) is 24.4 Å². The summed E-state index contributed by atoms with van der Waals surface area (Å²) in [5.41, 5.74) is -0.135. The van der Waals surface area contributed by atoms with Crippen molar-refractivity contribution >= 4 is 22.3 Å². The monoisotopic (exact) mass is 273 g/mol. The van der Waals surface area contributed by atoms with Crippen molar-refractivity contribution in [3.8, 4) is 5.88 Å². The fourth-order valence-electron chi connectivity index (χ4n) is 1.43. The van der Waals surface area contributed by atoms with E-state index in [1.54, 1.807) is 13.2 Å². The first-order chi connectivity index (χ1) is 8.43. The van der Waals surface area contributed by atoms with Crippen molar-refractivity contribution in [1.82, 2.24) is 4.98 Å². The molecule has 100 valence electrons. The highest BCUT2D eigenvalue weighted by molar-refractivity contribution is 7.84. The Labute approximate surface area is 107 Å². The van der Waals surface area contributed by atoms with E-state index in [4.69, 9.17) is 4.74 Å². The van der Waals surface area contributed by atoms with Crippen LogP contribution >= 0.6 is 0 Å². The van der Waals surface area contributed by atoms with E-state index in [0.717, 1.165) is 0 Å². The van der Waals surface area contributed by atoms with Crippen molar-refractivity contribution in [3.05, 3.63) is 22.2 Å². The molecule has 0 saturated heterocycles. The number of anilines is 1. The number of aromatic nitrogens is 1. The third-order valence-electron chi connectivity index (χ3n) is 2.12. The van der Waals surface area contributed by atoms with Crippen LogP contribution in [0.25, 0.3) is 0 Å². The lowest BCUT2D eigenvalue weighted by molar-refractivity contribution is -0.384.